The number of hydrogen-bond donors (Lipinski definition) is 2. The van der Waals surface area contributed by atoms with Crippen molar-refractivity contribution in [3.05, 3.63) is 4.91 Å². The number of hydrogen-bond acceptors (Lipinski definition) is 7. The lowest BCUT2D eigenvalue weighted by Crippen LogP contribution is -2.48. The van der Waals surface area contributed by atoms with Crippen LogP contribution in [-0.2, 0) is 19.6 Å². The molecule has 0 aromatic heterocycles. The summed E-state index contributed by atoms with van der Waals surface area (Å²) >= 11 is 0.512. The molecule has 0 bridgehead atoms. The Hall–Kier alpha value is -1.16. The van der Waals surface area contributed by atoms with Crippen molar-refractivity contribution < 1.29 is 18.0 Å². The summed E-state index contributed by atoms with van der Waals surface area (Å²) in [5.41, 5.74) is 0. The summed E-state index contributed by atoms with van der Waals surface area (Å²) < 4.78 is 25.7. The molecule has 1 atom stereocenters. The molecule has 0 radical (unpaired) electrons. The molecule has 16 heavy (non-hydrogen) atoms. The van der Waals surface area contributed by atoms with Gasteiger partial charge in [0.2, 0.25) is 15.9 Å². The van der Waals surface area contributed by atoms with Crippen LogP contribution < -0.4 is 10.0 Å². The normalized spacial score (nSPS) is 12.6. The highest BCUT2D eigenvalue weighted by Crippen LogP contribution is 2.03. The summed E-state index contributed by atoms with van der Waals surface area (Å²) in [5.74, 6) is -1.56. The van der Waals surface area contributed by atoms with Crippen LogP contribution in [0.2, 0.25) is 0 Å². The number of nitrogens with one attached hydrogen (secondary N) is 2. The van der Waals surface area contributed by atoms with Crippen LogP contribution in [0.1, 0.15) is 6.92 Å². The average molecular weight is 269 g/mol. The van der Waals surface area contributed by atoms with E-state index in [-0.39, 0.29) is 5.75 Å². The molecule has 1 unspecified atom stereocenters. The maximum atomic E-state index is 11.3. The van der Waals surface area contributed by atoms with Gasteiger partial charge in [-0.1, -0.05) is 0 Å². The van der Waals surface area contributed by atoms with Crippen LogP contribution in [0.15, 0.2) is 4.58 Å². The Bertz CT molecular complexity index is 380. The molecule has 10 heteroatoms. The third kappa shape index (κ3) is 7.17. The van der Waals surface area contributed by atoms with Crippen LogP contribution in [0.4, 0.5) is 0 Å². The van der Waals surface area contributed by atoms with Gasteiger partial charge in [0.25, 0.3) is 5.91 Å². The van der Waals surface area contributed by atoms with Crippen molar-refractivity contribution in [2.75, 3.05) is 12.0 Å². The van der Waals surface area contributed by atoms with E-state index in [0.29, 0.717) is 11.9 Å². The Balaban J connectivity index is 4.54. The summed E-state index contributed by atoms with van der Waals surface area (Å²) in [6.07, 6.45) is 0.806. The van der Waals surface area contributed by atoms with Gasteiger partial charge in [0, 0.05) is 29.2 Å². The lowest BCUT2D eigenvalue weighted by atomic mass is 10.3. The predicted octanol–water partition coefficient (Wildman–Crippen LogP) is -1.02. The predicted molar refractivity (Wildman–Crippen MR) is 58.8 cm³/mol. The zero-order valence-corrected chi connectivity index (χ0v) is 10.2. The van der Waals surface area contributed by atoms with Crippen LogP contribution in [0.5, 0.6) is 0 Å². The molecule has 0 heterocycles. The fourth-order valence-electron chi connectivity index (χ4n) is 0.787. The number of amides is 2. The molecule has 0 aromatic carbocycles. The molecule has 0 fully saturated rings. The molecule has 8 nitrogen and oxygen atoms in total. The van der Waals surface area contributed by atoms with Gasteiger partial charge >= 0.3 is 0 Å². The number of rotatable bonds is 6. The summed E-state index contributed by atoms with van der Waals surface area (Å²) in [5, 5.41) is 2.20. The van der Waals surface area contributed by atoms with Crippen LogP contribution in [0.3, 0.4) is 0 Å². The van der Waals surface area contributed by atoms with Crippen molar-refractivity contribution in [2.45, 2.75) is 13.0 Å². The van der Waals surface area contributed by atoms with Gasteiger partial charge in [-0.2, -0.15) is 0 Å². The van der Waals surface area contributed by atoms with E-state index in [1.807, 2.05) is 0 Å². The Morgan fingerprint density at radius 3 is 2.38 bits per heavy atom. The third-order valence-electron chi connectivity index (χ3n) is 1.27. The second-order valence-electron chi connectivity index (χ2n) is 2.86. The second kappa shape index (κ2) is 6.43. The molecule has 0 aliphatic rings. The molecule has 0 aromatic rings. The van der Waals surface area contributed by atoms with E-state index in [4.69, 9.17) is 0 Å². The van der Waals surface area contributed by atoms with Crippen molar-refractivity contribution in [2.24, 2.45) is 4.58 Å². The maximum absolute atomic E-state index is 11.3. The SMILES string of the molecule is CC(=O)NC(CSN=O)C(=O)NS(C)(=O)=O. The molecule has 0 spiro atoms. The molecule has 2 amide bonds. The molecule has 2 N–H and O–H groups in total. The molecular formula is C6H11N3O5S2. The highest BCUT2D eigenvalue weighted by molar-refractivity contribution is 7.98. The van der Waals surface area contributed by atoms with E-state index in [9.17, 15) is 22.9 Å². The van der Waals surface area contributed by atoms with Gasteiger partial charge in [-0.3, -0.25) is 14.3 Å². The van der Waals surface area contributed by atoms with Crippen molar-refractivity contribution in [3.8, 4) is 0 Å². The lowest BCUT2D eigenvalue weighted by molar-refractivity contribution is -0.126. The van der Waals surface area contributed by atoms with E-state index in [1.165, 1.54) is 6.92 Å². The highest BCUT2D eigenvalue weighted by atomic mass is 32.2. The first-order chi connectivity index (χ1) is 7.26. The van der Waals surface area contributed by atoms with Crippen molar-refractivity contribution >= 4 is 33.8 Å². The summed E-state index contributed by atoms with van der Waals surface area (Å²) in [4.78, 5) is 31.9. The second-order valence-corrected chi connectivity index (χ2v) is 5.35. The molecular weight excluding hydrogens is 258 g/mol. The molecule has 0 saturated carbocycles. The van der Waals surface area contributed by atoms with Crippen molar-refractivity contribution in [3.63, 3.8) is 0 Å². The minimum atomic E-state index is -3.70. The van der Waals surface area contributed by atoms with Gasteiger partial charge in [-0.05, 0) is 0 Å². The molecule has 92 valence electrons. The summed E-state index contributed by atoms with van der Waals surface area (Å²) in [6, 6.07) is -1.12. The van der Waals surface area contributed by atoms with Gasteiger partial charge in [0.05, 0.1) is 6.26 Å². The van der Waals surface area contributed by atoms with Crippen LogP contribution in [-0.4, -0.2) is 38.3 Å². The van der Waals surface area contributed by atoms with Gasteiger partial charge in [-0.25, -0.2) is 8.42 Å². The topological polar surface area (TPSA) is 122 Å². The molecule has 0 aliphatic carbocycles. The highest BCUT2D eigenvalue weighted by Gasteiger charge is 2.22. The average Bonchev–Trinajstić information content (AvgIpc) is 2.08. The Morgan fingerprint density at radius 1 is 1.44 bits per heavy atom. The molecule has 0 aliphatic heterocycles. The number of carbonyl (C=O) groups excluding carboxylic acids is 2. The minimum absolute atomic E-state index is 0.134. The first-order valence-corrected chi connectivity index (χ1v) is 6.83. The summed E-state index contributed by atoms with van der Waals surface area (Å²) in [7, 11) is -3.70. The van der Waals surface area contributed by atoms with E-state index < -0.39 is 27.9 Å². The van der Waals surface area contributed by atoms with E-state index in [2.05, 4.69) is 9.90 Å². The Kier molecular flexibility index (Phi) is 5.96. The van der Waals surface area contributed by atoms with Crippen LogP contribution >= 0.6 is 11.9 Å². The van der Waals surface area contributed by atoms with E-state index >= 15 is 0 Å². The molecule has 0 rings (SSSR count). The van der Waals surface area contributed by atoms with Gasteiger partial charge in [0.1, 0.15) is 6.04 Å². The largest absolute Gasteiger partial charge is 0.344 e. The quantitative estimate of drug-likeness (QED) is 0.470. The Labute approximate surface area is 96.7 Å². The van der Waals surface area contributed by atoms with Gasteiger partial charge in [-0.15, -0.1) is 4.91 Å². The zero-order chi connectivity index (χ0) is 12.8. The Morgan fingerprint density at radius 2 is 2.00 bits per heavy atom. The van der Waals surface area contributed by atoms with E-state index in [0.717, 1.165) is 6.26 Å². The number of nitroso groups, excluding NO2 is 1. The minimum Gasteiger partial charge on any atom is -0.344 e. The fourth-order valence-corrected chi connectivity index (χ4v) is 1.74. The van der Waals surface area contributed by atoms with Crippen molar-refractivity contribution in [1.29, 1.82) is 0 Å². The monoisotopic (exact) mass is 269 g/mol. The van der Waals surface area contributed by atoms with Gasteiger partial charge < -0.3 is 5.32 Å². The van der Waals surface area contributed by atoms with Crippen LogP contribution in [0.25, 0.3) is 0 Å². The van der Waals surface area contributed by atoms with E-state index in [1.54, 1.807) is 4.72 Å². The van der Waals surface area contributed by atoms with Crippen LogP contribution in [0, 0.1) is 4.91 Å². The molecule has 0 saturated heterocycles. The van der Waals surface area contributed by atoms with Gasteiger partial charge in [0.15, 0.2) is 0 Å². The number of sulfonamides is 1. The third-order valence-corrected chi connectivity index (χ3v) is 2.43. The fraction of sp³-hybridized carbons (Fsp3) is 0.667. The maximum Gasteiger partial charge on any atom is 0.256 e. The summed E-state index contributed by atoms with van der Waals surface area (Å²) in [6.45, 7) is 1.17. The van der Waals surface area contributed by atoms with Crippen molar-refractivity contribution in [1.82, 2.24) is 10.0 Å². The standard InChI is InChI=1S/C6H11N3O5S2/c1-4(10)7-5(3-15-9-12)6(11)8-16(2,13)14/h5H,3H2,1-2H3,(H,7,10)(H,8,11). The first-order valence-electron chi connectivity index (χ1n) is 3.99. The zero-order valence-electron chi connectivity index (χ0n) is 8.59. The number of carbonyl (C=O) groups is 2. The first kappa shape index (κ1) is 14.8. The number of nitrogens with zero attached hydrogens (tertiary/aromatic N) is 1. The lowest BCUT2D eigenvalue weighted by Gasteiger charge is -2.14. The smallest absolute Gasteiger partial charge is 0.256 e.